The van der Waals surface area contributed by atoms with Crippen molar-refractivity contribution in [2.75, 3.05) is 20.7 Å². The molecule has 19 heavy (non-hydrogen) atoms. The van der Waals surface area contributed by atoms with Crippen molar-refractivity contribution in [1.29, 1.82) is 0 Å². The second-order valence-corrected chi connectivity index (χ2v) is 6.16. The number of nitrogens with zero attached hydrogens (tertiary/aromatic N) is 1. The summed E-state index contributed by atoms with van der Waals surface area (Å²) in [6.45, 7) is 9.39. The molecule has 0 aliphatic carbocycles. The van der Waals surface area contributed by atoms with Gasteiger partial charge in [0.15, 0.2) is 0 Å². The number of benzene rings is 1. The van der Waals surface area contributed by atoms with Crippen LogP contribution < -0.4 is 4.74 Å². The molecular weight excluding hydrogens is 238 g/mol. The third-order valence-corrected chi connectivity index (χ3v) is 3.02. The van der Waals surface area contributed by atoms with Gasteiger partial charge in [0, 0.05) is 6.54 Å². The Balaban J connectivity index is 2.96. The molecule has 0 fully saturated rings. The van der Waals surface area contributed by atoms with Crippen molar-refractivity contribution in [2.24, 2.45) is 0 Å². The lowest BCUT2D eigenvalue weighted by atomic mass is 9.85. The number of likely N-dealkylation sites (N-methyl/N-ethyl adjacent to an activating group) is 1. The minimum atomic E-state index is 0.0422. The van der Waals surface area contributed by atoms with Gasteiger partial charge in [0.2, 0.25) is 0 Å². The number of ether oxygens (including phenoxy) is 1. The summed E-state index contributed by atoms with van der Waals surface area (Å²) in [5, 5.41) is 0. The first kappa shape index (κ1) is 15.7. The molecule has 0 aliphatic heterocycles. The minimum Gasteiger partial charge on any atom is -0.496 e. The predicted molar refractivity (Wildman–Crippen MR) is 78.7 cm³/mol. The van der Waals surface area contributed by atoms with Gasteiger partial charge in [-0.05, 0) is 36.6 Å². The van der Waals surface area contributed by atoms with E-state index in [0.29, 0.717) is 6.54 Å². The van der Waals surface area contributed by atoms with Gasteiger partial charge in [-0.2, -0.15) is 0 Å². The smallest absolute Gasteiger partial charge is 0.143 e. The van der Waals surface area contributed by atoms with E-state index < -0.39 is 0 Å². The Hall–Kier alpha value is -1.35. The van der Waals surface area contributed by atoms with E-state index in [0.717, 1.165) is 12.3 Å². The second-order valence-electron chi connectivity index (χ2n) is 6.16. The van der Waals surface area contributed by atoms with Crippen molar-refractivity contribution >= 4 is 5.78 Å². The van der Waals surface area contributed by atoms with Crippen molar-refractivity contribution in [3.8, 4) is 5.75 Å². The van der Waals surface area contributed by atoms with E-state index in [1.807, 2.05) is 18.0 Å². The van der Waals surface area contributed by atoms with Gasteiger partial charge in [0.1, 0.15) is 11.5 Å². The van der Waals surface area contributed by atoms with Crippen LogP contribution in [0.3, 0.4) is 0 Å². The first-order chi connectivity index (χ1) is 8.74. The lowest BCUT2D eigenvalue weighted by molar-refractivity contribution is -0.117. The number of hydrogen-bond acceptors (Lipinski definition) is 3. The first-order valence-electron chi connectivity index (χ1n) is 6.59. The average molecular weight is 263 g/mol. The summed E-state index contributed by atoms with van der Waals surface area (Å²) < 4.78 is 5.43. The number of methoxy groups -OCH3 is 1. The third-order valence-electron chi connectivity index (χ3n) is 3.02. The SMILES string of the molecule is COc1ccc(CN(C)CC(C)=O)cc1C(C)(C)C. The van der Waals surface area contributed by atoms with Crippen LogP contribution in [0.25, 0.3) is 0 Å². The van der Waals surface area contributed by atoms with Crippen LogP contribution >= 0.6 is 0 Å². The van der Waals surface area contributed by atoms with E-state index in [-0.39, 0.29) is 11.2 Å². The van der Waals surface area contributed by atoms with Crippen LogP contribution in [0.15, 0.2) is 18.2 Å². The van der Waals surface area contributed by atoms with Crippen LogP contribution in [-0.4, -0.2) is 31.4 Å². The maximum absolute atomic E-state index is 11.1. The molecule has 106 valence electrons. The number of carbonyl (C=O) groups is 1. The molecule has 0 N–H and O–H groups in total. The highest BCUT2D eigenvalue weighted by molar-refractivity contribution is 5.77. The Morgan fingerprint density at radius 2 is 1.95 bits per heavy atom. The number of ketones is 1. The maximum Gasteiger partial charge on any atom is 0.143 e. The van der Waals surface area contributed by atoms with E-state index in [1.54, 1.807) is 14.0 Å². The third kappa shape index (κ3) is 4.67. The Kier molecular flexibility index (Phi) is 5.12. The quantitative estimate of drug-likeness (QED) is 0.818. The number of carbonyl (C=O) groups excluding carboxylic acids is 1. The summed E-state index contributed by atoms with van der Waals surface area (Å²) in [6.07, 6.45) is 0. The molecule has 0 atom stereocenters. The zero-order valence-electron chi connectivity index (χ0n) is 12.9. The zero-order chi connectivity index (χ0) is 14.6. The normalized spacial score (nSPS) is 11.7. The van der Waals surface area contributed by atoms with E-state index in [2.05, 4.69) is 32.9 Å². The van der Waals surface area contributed by atoms with Gasteiger partial charge in [0.05, 0.1) is 13.7 Å². The fraction of sp³-hybridized carbons (Fsp3) is 0.562. The number of hydrogen-bond donors (Lipinski definition) is 0. The fourth-order valence-corrected chi connectivity index (χ4v) is 2.19. The van der Waals surface area contributed by atoms with Crippen molar-refractivity contribution in [3.05, 3.63) is 29.3 Å². The van der Waals surface area contributed by atoms with E-state index >= 15 is 0 Å². The molecule has 0 heterocycles. The molecular formula is C16H25NO2. The van der Waals surface area contributed by atoms with Crippen LogP contribution in [0.5, 0.6) is 5.75 Å². The van der Waals surface area contributed by atoms with E-state index in [4.69, 9.17) is 4.74 Å². The second kappa shape index (κ2) is 6.20. The van der Waals surface area contributed by atoms with Crippen LogP contribution in [0.1, 0.15) is 38.8 Å². The lowest BCUT2D eigenvalue weighted by Crippen LogP contribution is -2.24. The molecule has 1 rings (SSSR count). The van der Waals surface area contributed by atoms with Crippen LogP contribution in [0.4, 0.5) is 0 Å². The number of Topliss-reactive ketones (excluding diaryl/α,β-unsaturated/α-hetero) is 1. The van der Waals surface area contributed by atoms with Crippen molar-refractivity contribution < 1.29 is 9.53 Å². The molecule has 3 nitrogen and oxygen atoms in total. The van der Waals surface area contributed by atoms with Gasteiger partial charge < -0.3 is 4.74 Å². The Labute approximate surface area is 116 Å². The van der Waals surface area contributed by atoms with Gasteiger partial charge in [0.25, 0.3) is 0 Å². The average Bonchev–Trinajstić information content (AvgIpc) is 2.26. The molecule has 0 spiro atoms. The van der Waals surface area contributed by atoms with Gasteiger partial charge in [-0.25, -0.2) is 0 Å². The van der Waals surface area contributed by atoms with Gasteiger partial charge in [-0.1, -0.05) is 32.9 Å². The molecule has 0 aliphatic rings. The number of rotatable bonds is 5. The molecule has 3 heteroatoms. The fourth-order valence-electron chi connectivity index (χ4n) is 2.19. The Morgan fingerprint density at radius 3 is 2.42 bits per heavy atom. The standard InChI is InChI=1S/C16H25NO2/c1-12(18)10-17(5)11-13-7-8-15(19-6)14(9-13)16(2,3)4/h7-9H,10-11H2,1-6H3. The molecule has 1 aromatic rings. The summed E-state index contributed by atoms with van der Waals surface area (Å²) in [5.74, 6) is 1.11. The molecule has 0 bridgehead atoms. The Bertz CT molecular complexity index is 447. The van der Waals surface area contributed by atoms with Crippen molar-refractivity contribution in [3.63, 3.8) is 0 Å². The highest BCUT2D eigenvalue weighted by atomic mass is 16.5. The van der Waals surface area contributed by atoms with Gasteiger partial charge in [-0.15, -0.1) is 0 Å². The highest BCUT2D eigenvalue weighted by Crippen LogP contribution is 2.32. The van der Waals surface area contributed by atoms with Crippen molar-refractivity contribution in [1.82, 2.24) is 4.90 Å². The van der Waals surface area contributed by atoms with E-state index in [1.165, 1.54) is 11.1 Å². The molecule has 0 aromatic heterocycles. The monoisotopic (exact) mass is 263 g/mol. The molecule has 0 unspecified atom stereocenters. The minimum absolute atomic E-state index is 0.0422. The summed E-state index contributed by atoms with van der Waals surface area (Å²) in [4.78, 5) is 13.1. The molecule has 1 aromatic carbocycles. The first-order valence-corrected chi connectivity index (χ1v) is 6.59. The topological polar surface area (TPSA) is 29.5 Å². The van der Waals surface area contributed by atoms with Gasteiger partial charge >= 0.3 is 0 Å². The summed E-state index contributed by atoms with van der Waals surface area (Å²) in [6, 6.07) is 6.25. The highest BCUT2D eigenvalue weighted by Gasteiger charge is 2.19. The van der Waals surface area contributed by atoms with E-state index in [9.17, 15) is 4.79 Å². The molecule has 0 amide bonds. The molecule has 0 radical (unpaired) electrons. The summed E-state index contributed by atoms with van der Waals surface area (Å²) in [5.41, 5.74) is 2.44. The largest absolute Gasteiger partial charge is 0.496 e. The predicted octanol–water partition coefficient (Wildman–Crippen LogP) is 3.01. The molecule has 0 saturated heterocycles. The Morgan fingerprint density at radius 1 is 1.32 bits per heavy atom. The summed E-state index contributed by atoms with van der Waals surface area (Å²) in [7, 11) is 3.66. The van der Waals surface area contributed by atoms with Crippen LogP contribution in [0, 0.1) is 0 Å². The zero-order valence-corrected chi connectivity index (χ0v) is 12.9. The summed E-state index contributed by atoms with van der Waals surface area (Å²) >= 11 is 0. The van der Waals surface area contributed by atoms with Crippen LogP contribution in [-0.2, 0) is 16.8 Å². The molecule has 0 saturated carbocycles. The lowest BCUT2D eigenvalue weighted by Gasteiger charge is -2.24. The van der Waals surface area contributed by atoms with Crippen molar-refractivity contribution in [2.45, 2.75) is 39.7 Å². The van der Waals surface area contributed by atoms with Gasteiger partial charge in [-0.3, -0.25) is 9.69 Å². The van der Waals surface area contributed by atoms with Crippen LogP contribution in [0.2, 0.25) is 0 Å². The maximum atomic E-state index is 11.1.